The van der Waals surface area contributed by atoms with Crippen LogP contribution in [0.3, 0.4) is 0 Å². The van der Waals surface area contributed by atoms with Crippen molar-refractivity contribution in [3.63, 3.8) is 0 Å². The summed E-state index contributed by atoms with van der Waals surface area (Å²) in [7, 11) is 0. The average molecular weight is 638 g/mol. The fraction of sp³-hybridized carbons (Fsp3) is 0.111. The molecule has 7 nitrogen and oxygen atoms in total. The van der Waals surface area contributed by atoms with Crippen molar-refractivity contribution in [3.05, 3.63) is 129 Å². The zero-order chi connectivity index (χ0) is 31.8. The number of benzene rings is 4. The quantitative estimate of drug-likeness (QED) is 0.127. The number of nitriles is 1. The molecule has 45 heavy (non-hydrogen) atoms. The molecule has 0 amide bonds. The Morgan fingerprint density at radius 3 is 2.31 bits per heavy atom. The van der Waals surface area contributed by atoms with Gasteiger partial charge in [0, 0.05) is 35.2 Å². The van der Waals surface area contributed by atoms with Gasteiger partial charge in [-0.15, -0.1) is 0 Å². The van der Waals surface area contributed by atoms with Gasteiger partial charge in [0.1, 0.15) is 43.1 Å². The molecule has 5 rings (SSSR count). The molecule has 0 fully saturated rings. The Morgan fingerprint density at radius 2 is 1.56 bits per heavy atom. The molecule has 0 atom stereocenters. The molecule has 0 radical (unpaired) electrons. The summed E-state index contributed by atoms with van der Waals surface area (Å²) >= 11 is 13.4. The van der Waals surface area contributed by atoms with E-state index < -0.39 is 0 Å². The molecule has 9 heteroatoms. The summed E-state index contributed by atoms with van der Waals surface area (Å²) in [5, 5.41) is 10.00. The Morgan fingerprint density at radius 1 is 0.822 bits per heavy atom. The minimum absolute atomic E-state index is 0.00277. The van der Waals surface area contributed by atoms with Crippen LogP contribution in [-0.4, -0.2) is 24.2 Å². The number of carbonyl (C=O) groups is 2. The van der Waals surface area contributed by atoms with E-state index in [4.69, 9.17) is 42.7 Å². The van der Waals surface area contributed by atoms with E-state index in [9.17, 15) is 9.59 Å². The van der Waals surface area contributed by atoms with Gasteiger partial charge in [0.15, 0.2) is 12.6 Å². The summed E-state index contributed by atoms with van der Waals surface area (Å²) in [5.74, 6) is 1.25. The number of nitrogens with zero attached hydrogens (tertiary/aromatic N) is 2. The minimum Gasteiger partial charge on any atom is -0.488 e. The van der Waals surface area contributed by atoms with Gasteiger partial charge in [-0.2, -0.15) is 5.26 Å². The van der Waals surface area contributed by atoms with Crippen molar-refractivity contribution in [2.45, 2.75) is 20.1 Å². The highest BCUT2D eigenvalue weighted by molar-refractivity contribution is 6.36. The van der Waals surface area contributed by atoms with E-state index in [1.807, 2.05) is 61.5 Å². The van der Waals surface area contributed by atoms with Gasteiger partial charge in [-0.25, -0.2) is 0 Å². The van der Waals surface area contributed by atoms with Crippen molar-refractivity contribution in [2.24, 2.45) is 0 Å². The van der Waals surface area contributed by atoms with E-state index in [1.54, 1.807) is 30.5 Å². The minimum atomic E-state index is -0.00277. The number of hydrogen-bond acceptors (Lipinski definition) is 7. The van der Waals surface area contributed by atoms with E-state index >= 15 is 0 Å². The van der Waals surface area contributed by atoms with Crippen LogP contribution >= 0.6 is 23.2 Å². The zero-order valence-electron chi connectivity index (χ0n) is 24.1. The van der Waals surface area contributed by atoms with Crippen LogP contribution < -0.4 is 14.2 Å². The Labute approximate surface area is 270 Å². The van der Waals surface area contributed by atoms with Crippen molar-refractivity contribution in [1.82, 2.24) is 4.98 Å². The van der Waals surface area contributed by atoms with Gasteiger partial charge in [-0.05, 0) is 53.4 Å². The number of halogens is 2. The summed E-state index contributed by atoms with van der Waals surface area (Å²) < 4.78 is 17.4. The topological polar surface area (TPSA) is 98.5 Å². The standard InChI is InChI=1S/C36H26Cl2N2O5/c1-23-27(22-45-35-16-34(28(20-42)15-33(35)37)44-21-25-14-24(17-39)18-40-19-25)4-2-5-30(23)32-7-3-6-31(36(32)38)26-8-10-29(11-9-26)43-13-12-41/h2-12,14-16,18-20H,13,21-22H2,1H3. The number of pyridine rings is 1. The van der Waals surface area contributed by atoms with Crippen LogP contribution in [0.1, 0.15) is 32.6 Å². The molecule has 1 heterocycles. The van der Waals surface area contributed by atoms with Crippen LogP contribution in [0.5, 0.6) is 17.2 Å². The third kappa shape index (κ3) is 7.32. The van der Waals surface area contributed by atoms with E-state index in [2.05, 4.69) is 4.98 Å². The van der Waals surface area contributed by atoms with Crippen LogP contribution in [0.2, 0.25) is 10.0 Å². The number of ether oxygens (including phenoxy) is 3. The smallest absolute Gasteiger partial charge is 0.157 e. The number of aromatic nitrogens is 1. The lowest BCUT2D eigenvalue weighted by Gasteiger charge is -2.17. The largest absolute Gasteiger partial charge is 0.488 e. The van der Waals surface area contributed by atoms with Gasteiger partial charge in [0.25, 0.3) is 0 Å². The maximum atomic E-state index is 11.7. The maximum absolute atomic E-state index is 11.7. The second-order valence-electron chi connectivity index (χ2n) is 9.97. The molecule has 224 valence electrons. The molecule has 5 aromatic rings. The number of aldehydes is 2. The second-order valence-corrected chi connectivity index (χ2v) is 10.8. The third-order valence-corrected chi connectivity index (χ3v) is 7.81. The molecular weight excluding hydrogens is 611 g/mol. The lowest BCUT2D eigenvalue weighted by atomic mass is 9.94. The molecule has 0 spiro atoms. The molecule has 0 N–H and O–H groups in total. The van der Waals surface area contributed by atoms with Crippen molar-refractivity contribution < 1.29 is 23.8 Å². The van der Waals surface area contributed by atoms with Gasteiger partial charge >= 0.3 is 0 Å². The van der Waals surface area contributed by atoms with E-state index in [1.165, 1.54) is 12.3 Å². The highest BCUT2D eigenvalue weighted by Crippen LogP contribution is 2.39. The lowest BCUT2D eigenvalue weighted by molar-refractivity contribution is -0.109. The molecule has 1 aromatic heterocycles. The van der Waals surface area contributed by atoms with Crippen molar-refractivity contribution >= 4 is 35.8 Å². The Kier molecular flexibility index (Phi) is 10.1. The first-order valence-electron chi connectivity index (χ1n) is 13.8. The summed E-state index contributed by atoms with van der Waals surface area (Å²) in [4.78, 5) is 26.4. The van der Waals surface area contributed by atoms with Crippen molar-refractivity contribution in [2.75, 3.05) is 6.61 Å². The van der Waals surface area contributed by atoms with Crippen LogP contribution in [0.4, 0.5) is 0 Å². The first kappa shape index (κ1) is 31.3. The fourth-order valence-electron chi connectivity index (χ4n) is 4.78. The summed E-state index contributed by atoms with van der Waals surface area (Å²) in [6, 6.07) is 26.0. The van der Waals surface area contributed by atoms with Gasteiger partial charge < -0.3 is 14.2 Å². The van der Waals surface area contributed by atoms with Crippen LogP contribution in [0.15, 0.2) is 91.3 Å². The predicted molar refractivity (Wildman–Crippen MR) is 173 cm³/mol. The van der Waals surface area contributed by atoms with Gasteiger partial charge in [0.2, 0.25) is 0 Å². The summed E-state index contributed by atoms with van der Waals surface area (Å²) in [5.41, 5.74) is 6.86. The van der Waals surface area contributed by atoms with Crippen LogP contribution in [0, 0.1) is 18.3 Å². The maximum Gasteiger partial charge on any atom is 0.157 e. The van der Waals surface area contributed by atoms with Crippen molar-refractivity contribution in [1.29, 1.82) is 5.26 Å². The summed E-state index contributed by atoms with van der Waals surface area (Å²) in [6.07, 6.45) is 4.42. The molecule has 0 aliphatic carbocycles. The van der Waals surface area contributed by atoms with Crippen LogP contribution in [-0.2, 0) is 18.0 Å². The van der Waals surface area contributed by atoms with Crippen molar-refractivity contribution in [3.8, 4) is 45.6 Å². The molecule has 0 unspecified atom stereocenters. The molecule has 0 aliphatic rings. The monoisotopic (exact) mass is 636 g/mol. The first-order valence-corrected chi connectivity index (χ1v) is 14.6. The molecule has 4 aromatic carbocycles. The fourth-order valence-corrected chi connectivity index (χ4v) is 5.34. The molecule has 0 saturated heterocycles. The number of hydrogen-bond donors (Lipinski definition) is 0. The first-order chi connectivity index (χ1) is 21.9. The zero-order valence-corrected chi connectivity index (χ0v) is 25.6. The number of carbonyl (C=O) groups excluding carboxylic acids is 2. The highest BCUT2D eigenvalue weighted by atomic mass is 35.5. The van der Waals surface area contributed by atoms with Gasteiger partial charge in [0.05, 0.1) is 21.2 Å². The molecule has 0 saturated carbocycles. The molecule has 0 aliphatic heterocycles. The molecule has 0 bridgehead atoms. The Hall–Kier alpha value is -5.16. The van der Waals surface area contributed by atoms with Crippen LogP contribution in [0.25, 0.3) is 22.3 Å². The van der Waals surface area contributed by atoms with Gasteiger partial charge in [-0.1, -0.05) is 71.7 Å². The summed E-state index contributed by atoms with van der Waals surface area (Å²) in [6.45, 7) is 2.30. The predicted octanol–water partition coefficient (Wildman–Crippen LogP) is 8.45. The van der Waals surface area contributed by atoms with Gasteiger partial charge in [-0.3, -0.25) is 14.6 Å². The molecular formula is C36H26Cl2N2O5. The van der Waals surface area contributed by atoms with E-state index in [0.717, 1.165) is 33.4 Å². The highest BCUT2D eigenvalue weighted by Gasteiger charge is 2.16. The lowest BCUT2D eigenvalue weighted by Crippen LogP contribution is -2.03. The SMILES string of the molecule is Cc1c(COc2cc(OCc3cncc(C#N)c3)c(C=O)cc2Cl)cccc1-c1cccc(-c2ccc(OCC=O)cc2)c1Cl. The Balaban J connectivity index is 1.36. The van der Waals surface area contributed by atoms with E-state index in [-0.39, 0.29) is 30.4 Å². The second kappa shape index (κ2) is 14.5. The average Bonchev–Trinajstić information content (AvgIpc) is 3.07. The third-order valence-electron chi connectivity index (χ3n) is 7.11. The van der Waals surface area contributed by atoms with E-state index in [0.29, 0.717) is 46.0 Å². The number of rotatable bonds is 12. The normalized spacial score (nSPS) is 10.5. The Bertz CT molecular complexity index is 1900.